The molecule has 0 aliphatic carbocycles. The Balaban J connectivity index is 1.56. The molecule has 1 aliphatic heterocycles. The van der Waals surface area contributed by atoms with Crippen LogP contribution in [0.4, 0.5) is 0 Å². The molecule has 0 radical (unpaired) electrons. The first-order valence-corrected chi connectivity index (χ1v) is 8.07. The van der Waals surface area contributed by atoms with E-state index in [1.54, 1.807) is 0 Å². The largest absolute Gasteiger partial charge is 0.361 e. The molecule has 124 valence electrons. The molecular formula is C17H20N6O. The van der Waals surface area contributed by atoms with Crippen LogP contribution in [-0.2, 0) is 6.54 Å². The molecule has 0 saturated carbocycles. The Morgan fingerprint density at radius 2 is 2.08 bits per heavy atom. The van der Waals surface area contributed by atoms with Crippen molar-refractivity contribution in [2.24, 2.45) is 0 Å². The van der Waals surface area contributed by atoms with E-state index in [2.05, 4.69) is 50.6 Å². The van der Waals surface area contributed by atoms with E-state index in [0.717, 1.165) is 29.3 Å². The monoisotopic (exact) mass is 324 g/mol. The van der Waals surface area contributed by atoms with Crippen molar-refractivity contribution in [3.05, 3.63) is 64.8 Å². The molecule has 24 heavy (non-hydrogen) atoms. The van der Waals surface area contributed by atoms with Gasteiger partial charge in [0.25, 0.3) is 0 Å². The first-order valence-electron chi connectivity index (χ1n) is 8.07. The Labute approximate surface area is 140 Å². The lowest BCUT2D eigenvalue weighted by Gasteiger charge is -2.16. The van der Waals surface area contributed by atoms with E-state index in [1.807, 2.05) is 30.8 Å². The van der Waals surface area contributed by atoms with Gasteiger partial charge >= 0.3 is 0 Å². The van der Waals surface area contributed by atoms with Crippen LogP contribution in [0.2, 0.25) is 0 Å². The summed E-state index contributed by atoms with van der Waals surface area (Å²) in [6.45, 7) is 5.31. The molecule has 7 heteroatoms. The van der Waals surface area contributed by atoms with Gasteiger partial charge in [-0.15, -0.1) is 5.10 Å². The van der Waals surface area contributed by atoms with Gasteiger partial charge < -0.3 is 4.52 Å². The van der Waals surface area contributed by atoms with E-state index in [4.69, 9.17) is 4.52 Å². The Bertz CT molecular complexity index is 805. The maximum Gasteiger partial charge on any atom is 0.138 e. The summed E-state index contributed by atoms with van der Waals surface area (Å²) in [6.07, 6.45) is 2.02. The fourth-order valence-corrected chi connectivity index (χ4v) is 3.20. The summed E-state index contributed by atoms with van der Waals surface area (Å²) in [6, 6.07) is 10.6. The summed E-state index contributed by atoms with van der Waals surface area (Å²) in [5, 5.41) is 12.7. The lowest BCUT2D eigenvalue weighted by atomic mass is 9.93. The third kappa shape index (κ3) is 2.72. The third-order valence-electron chi connectivity index (χ3n) is 4.58. The van der Waals surface area contributed by atoms with Crippen LogP contribution in [0.25, 0.3) is 0 Å². The first kappa shape index (κ1) is 15.0. The average molecular weight is 324 g/mol. The number of rotatable bonds is 4. The molecule has 7 nitrogen and oxygen atoms in total. The van der Waals surface area contributed by atoms with Crippen LogP contribution in [-0.4, -0.2) is 26.7 Å². The van der Waals surface area contributed by atoms with Gasteiger partial charge in [-0.3, -0.25) is 5.43 Å². The van der Waals surface area contributed by atoms with Crippen molar-refractivity contribution >= 4 is 0 Å². The zero-order chi connectivity index (χ0) is 16.5. The smallest absolute Gasteiger partial charge is 0.138 e. The number of hydrogen-bond donors (Lipinski definition) is 2. The highest BCUT2D eigenvalue weighted by Crippen LogP contribution is 2.31. The maximum absolute atomic E-state index is 5.22. The summed E-state index contributed by atoms with van der Waals surface area (Å²) in [5.41, 5.74) is 10.8. The van der Waals surface area contributed by atoms with E-state index >= 15 is 0 Å². The molecule has 3 aromatic rings. The molecule has 1 aromatic carbocycles. The minimum atomic E-state index is 0.190. The fraction of sp³-hybridized carbons (Fsp3) is 0.353. The number of nitrogens with one attached hydrogen (secondary N) is 2. The van der Waals surface area contributed by atoms with Crippen LogP contribution in [0.15, 0.2) is 41.1 Å². The molecule has 2 N–H and O–H groups in total. The van der Waals surface area contributed by atoms with Crippen LogP contribution < -0.4 is 10.9 Å². The topological polar surface area (TPSA) is 80.8 Å². The zero-order valence-electron chi connectivity index (χ0n) is 13.7. The van der Waals surface area contributed by atoms with Crippen molar-refractivity contribution in [1.29, 1.82) is 0 Å². The predicted molar refractivity (Wildman–Crippen MR) is 88.2 cm³/mol. The summed E-state index contributed by atoms with van der Waals surface area (Å²) in [5.74, 6) is 1.07. The molecule has 2 aromatic heterocycles. The Morgan fingerprint density at radius 3 is 2.83 bits per heavy atom. The van der Waals surface area contributed by atoms with Gasteiger partial charge in [0.2, 0.25) is 0 Å². The van der Waals surface area contributed by atoms with Crippen LogP contribution in [0.3, 0.4) is 0 Å². The summed E-state index contributed by atoms with van der Waals surface area (Å²) < 4.78 is 7.07. The lowest BCUT2D eigenvalue weighted by Crippen LogP contribution is -2.24. The second kappa shape index (κ2) is 6.18. The molecule has 4 rings (SSSR count). The summed E-state index contributed by atoms with van der Waals surface area (Å²) in [7, 11) is 0. The number of aryl methyl sites for hydroxylation is 2. The van der Waals surface area contributed by atoms with Gasteiger partial charge in [-0.25, -0.2) is 10.1 Å². The summed E-state index contributed by atoms with van der Waals surface area (Å²) >= 11 is 0. The molecule has 0 bridgehead atoms. The van der Waals surface area contributed by atoms with Gasteiger partial charge in [-0.05, 0) is 19.4 Å². The van der Waals surface area contributed by atoms with Crippen molar-refractivity contribution < 1.29 is 4.52 Å². The van der Waals surface area contributed by atoms with Crippen LogP contribution in [0, 0.1) is 13.8 Å². The molecule has 0 spiro atoms. The highest BCUT2D eigenvalue weighted by atomic mass is 16.5. The molecule has 1 fully saturated rings. The molecular weight excluding hydrogens is 304 g/mol. The predicted octanol–water partition coefficient (Wildman–Crippen LogP) is 1.86. The van der Waals surface area contributed by atoms with E-state index in [0.29, 0.717) is 6.54 Å². The molecule has 0 amide bonds. The van der Waals surface area contributed by atoms with E-state index in [-0.39, 0.29) is 12.0 Å². The molecule has 2 atom stereocenters. The highest BCUT2D eigenvalue weighted by molar-refractivity contribution is 5.26. The van der Waals surface area contributed by atoms with Crippen molar-refractivity contribution in [2.75, 3.05) is 6.54 Å². The third-order valence-corrected chi connectivity index (χ3v) is 4.58. The molecule has 3 heterocycles. The maximum atomic E-state index is 5.22. The first-order chi connectivity index (χ1) is 11.7. The average Bonchev–Trinajstić information content (AvgIpc) is 3.32. The zero-order valence-corrected chi connectivity index (χ0v) is 13.7. The van der Waals surface area contributed by atoms with E-state index in [1.165, 1.54) is 5.56 Å². The quantitative estimate of drug-likeness (QED) is 0.762. The van der Waals surface area contributed by atoms with Gasteiger partial charge in [-0.1, -0.05) is 40.7 Å². The van der Waals surface area contributed by atoms with Crippen molar-refractivity contribution in [3.8, 4) is 0 Å². The number of hydrogen-bond acceptors (Lipinski definition) is 6. The second-order valence-corrected chi connectivity index (χ2v) is 6.16. The van der Waals surface area contributed by atoms with Crippen molar-refractivity contribution in [2.45, 2.75) is 32.4 Å². The summed E-state index contributed by atoms with van der Waals surface area (Å²) in [4.78, 5) is 0. The highest BCUT2D eigenvalue weighted by Gasteiger charge is 2.31. The second-order valence-electron chi connectivity index (χ2n) is 6.16. The van der Waals surface area contributed by atoms with Gasteiger partial charge in [0.05, 0.1) is 24.0 Å². The van der Waals surface area contributed by atoms with Crippen molar-refractivity contribution in [1.82, 2.24) is 31.0 Å². The van der Waals surface area contributed by atoms with Gasteiger partial charge in [0, 0.05) is 24.2 Å². The van der Waals surface area contributed by atoms with Gasteiger partial charge in [-0.2, -0.15) is 0 Å². The number of aromatic nitrogens is 4. The van der Waals surface area contributed by atoms with Crippen molar-refractivity contribution in [3.63, 3.8) is 0 Å². The minimum absolute atomic E-state index is 0.190. The van der Waals surface area contributed by atoms with Crippen LogP contribution in [0.1, 0.15) is 40.2 Å². The number of nitrogens with zero attached hydrogens (tertiary/aromatic N) is 4. The SMILES string of the molecule is Cc1noc(C)c1Cn1cc(C2CNNC2c2ccccc2)nn1. The van der Waals surface area contributed by atoms with E-state index in [9.17, 15) is 0 Å². The Morgan fingerprint density at radius 1 is 1.25 bits per heavy atom. The van der Waals surface area contributed by atoms with E-state index < -0.39 is 0 Å². The Hall–Kier alpha value is -2.51. The normalized spacial score (nSPS) is 20.6. The van der Waals surface area contributed by atoms with Crippen LogP contribution >= 0.6 is 0 Å². The number of benzene rings is 1. The molecule has 1 aliphatic rings. The van der Waals surface area contributed by atoms with Gasteiger partial charge in [0.15, 0.2) is 0 Å². The number of hydrazine groups is 1. The lowest BCUT2D eigenvalue weighted by molar-refractivity contribution is 0.391. The molecule has 1 saturated heterocycles. The standard InChI is InChI=1S/C17H20N6O/c1-11-15(12(2)24-21-11)9-23-10-16(19-22-23)14-8-18-20-17(14)13-6-4-3-5-7-13/h3-7,10,14,17-18,20H,8-9H2,1-2H3. The fourth-order valence-electron chi connectivity index (χ4n) is 3.20. The van der Waals surface area contributed by atoms with Crippen LogP contribution in [0.5, 0.6) is 0 Å². The molecule has 2 unspecified atom stereocenters. The minimum Gasteiger partial charge on any atom is -0.361 e. The Kier molecular flexibility index (Phi) is 3.87. The van der Waals surface area contributed by atoms with Gasteiger partial charge in [0.1, 0.15) is 5.76 Å².